The molecule has 3 aromatic rings. The third kappa shape index (κ3) is 3.05. The first-order valence-corrected chi connectivity index (χ1v) is 8.01. The van der Waals surface area contributed by atoms with Crippen LogP contribution in [0.5, 0.6) is 0 Å². The Bertz CT molecular complexity index is 872. The Hall–Kier alpha value is -2.40. The molecular formula is C18H16N2O2S. The Morgan fingerprint density at radius 3 is 2.65 bits per heavy atom. The van der Waals surface area contributed by atoms with E-state index in [4.69, 9.17) is 0 Å². The number of aromatic nitrogens is 2. The Morgan fingerprint density at radius 1 is 1.13 bits per heavy atom. The van der Waals surface area contributed by atoms with Crippen molar-refractivity contribution in [3.05, 3.63) is 55.0 Å². The molecule has 0 aliphatic heterocycles. The van der Waals surface area contributed by atoms with Gasteiger partial charge < -0.3 is 5.11 Å². The van der Waals surface area contributed by atoms with Gasteiger partial charge in [-0.25, -0.2) is 9.97 Å². The Morgan fingerprint density at radius 2 is 1.87 bits per heavy atom. The molecule has 0 aliphatic carbocycles. The number of thioether (sulfide) groups is 1. The number of carboxylic acid groups (broad SMARTS) is 1. The van der Waals surface area contributed by atoms with Crippen LogP contribution >= 0.6 is 11.8 Å². The molecule has 1 N–H and O–H groups in total. The molecule has 23 heavy (non-hydrogen) atoms. The lowest BCUT2D eigenvalue weighted by molar-refractivity contribution is -0.138. The fourth-order valence-corrected chi connectivity index (χ4v) is 3.35. The van der Waals surface area contributed by atoms with E-state index in [-0.39, 0.29) is 0 Å². The number of aliphatic carboxylic acids is 1. The summed E-state index contributed by atoms with van der Waals surface area (Å²) in [5, 5.41) is 11.6. The second-order valence-corrected chi connectivity index (χ2v) is 7.34. The van der Waals surface area contributed by atoms with Gasteiger partial charge in [-0.3, -0.25) is 4.79 Å². The number of nitrogens with zero attached hydrogens (tertiary/aromatic N) is 2. The zero-order valence-electron chi connectivity index (χ0n) is 12.9. The van der Waals surface area contributed by atoms with Crippen LogP contribution in [-0.2, 0) is 4.79 Å². The molecule has 0 bridgehead atoms. The van der Waals surface area contributed by atoms with Gasteiger partial charge in [0.15, 0.2) is 0 Å². The molecule has 0 unspecified atom stereocenters. The maximum Gasteiger partial charge on any atom is 0.319 e. The summed E-state index contributed by atoms with van der Waals surface area (Å²) in [7, 11) is 0. The van der Waals surface area contributed by atoms with Crippen LogP contribution in [-0.4, -0.2) is 25.8 Å². The molecular weight excluding hydrogens is 308 g/mol. The molecule has 1 heterocycles. The molecule has 3 rings (SSSR count). The fourth-order valence-electron chi connectivity index (χ4n) is 2.34. The van der Waals surface area contributed by atoms with E-state index in [1.165, 1.54) is 18.1 Å². The van der Waals surface area contributed by atoms with E-state index in [0.29, 0.717) is 0 Å². The molecule has 0 spiro atoms. The smallest absolute Gasteiger partial charge is 0.319 e. The summed E-state index contributed by atoms with van der Waals surface area (Å²) in [4.78, 5) is 20.7. The van der Waals surface area contributed by atoms with Gasteiger partial charge in [-0.1, -0.05) is 42.5 Å². The van der Waals surface area contributed by atoms with Gasteiger partial charge in [0.25, 0.3) is 0 Å². The number of hydrogen-bond acceptors (Lipinski definition) is 4. The zero-order valence-corrected chi connectivity index (χ0v) is 13.7. The summed E-state index contributed by atoms with van der Waals surface area (Å²) in [6.45, 7) is 3.36. The molecule has 1 aromatic heterocycles. The van der Waals surface area contributed by atoms with Crippen LogP contribution < -0.4 is 0 Å². The van der Waals surface area contributed by atoms with E-state index in [1.807, 2.05) is 42.5 Å². The van der Waals surface area contributed by atoms with Crippen LogP contribution in [0.1, 0.15) is 13.8 Å². The molecule has 5 heteroatoms. The second-order valence-electron chi connectivity index (χ2n) is 5.68. The topological polar surface area (TPSA) is 63.1 Å². The van der Waals surface area contributed by atoms with Gasteiger partial charge in [0, 0.05) is 11.8 Å². The first-order chi connectivity index (χ1) is 11.0. The first-order valence-electron chi connectivity index (χ1n) is 7.19. The lowest BCUT2D eigenvalue weighted by Gasteiger charge is -2.20. The van der Waals surface area contributed by atoms with E-state index < -0.39 is 10.7 Å². The van der Waals surface area contributed by atoms with Gasteiger partial charge in [-0.2, -0.15) is 0 Å². The van der Waals surface area contributed by atoms with Crippen LogP contribution in [0.25, 0.3) is 22.0 Å². The number of benzene rings is 2. The summed E-state index contributed by atoms with van der Waals surface area (Å²) in [6.07, 6.45) is 3.17. The van der Waals surface area contributed by atoms with Crippen LogP contribution in [0.15, 0.2) is 59.9 Å². The molecule has 4 nitrogen and oxygen atoms in total. The zero-order chi connectivity index (χ0) is 16.4. The van der Waals surface area contributed by atoms with Gasteiger partial charge in [-0.15, -0.1) is 11.8 Å². The molecule has 0 radical (unpaired) electrons. The number of fused-ring (bicyclic) bond motifs is 1. The van der Waals surface area contributed by atoms with E-state index in [1.54, 1.807) is 20.0 Å². The lowest BCUT2D eigenvalue weighted by atomic mass is 10.0. The standard InChI is InChI=1S/C18H16N2O2S/c1-18(2,17(21)22)23-15-10-19-11-20-16(15)14-9-5-7-12-6-3-4-8-13(12)14/h3-11H,1-2H3,(H,21,22). The number of hydrogen-bond donors (Lipinski definition) is 1. The first kappa shape index (κ1) is 15.5. The number of carboxylic acids is 1. The maximum atomic E-state index is 11.4. The van der Waals surface area contributed by atoms with Crippen molar-refractivity contribution in [2.75, 3.05) is 0 Å². The van der Waals surface area contributed by atoms with Gasteiger partial charge in [0.1, 0.15) is 11.1 Å². The summed E-state index contributed by atoms with van der Waals surface area (Å²) in [5.74, 6) is -0.866. The molecule has 0 amide bonds. The molecule has 2 aromatic carbocycles. The maximum absolute atomic E-state index is 11.4. The molecule has 0 fully saturated rings. The summed E-state index contributed by atoms with van der Waals surface area (Å²) < 4.78 is -0.954. The van der Waals surface area contributed by atoms with Crippen LogP contribution in [0.4, 0.5) is 0 Å². The number of rotatable bonds is 4. The van der Waals surface area contributed by atoms with Gasteiger partial charge >= 0.3 is 5.97 Å². The fraction of sp³-hybridized carbons (Fsp3) is 0.167. The molecule has 0 aliphatic rings. The van der Waals surface area contributed by atoms with Gasteiger partial charge in [-0.05, 0) is 24.6 Å². The van der Waals surface area contributed by atoms with Crippen molar-refractivity contribution in [3.63, 3.8) is 0 Å². The van der Waals surface area contributed by atoms with E-state index in [0.717, 1.165) is 26.9 Å². The van der Waals surface area contributed by atoms with Crippen molar-refractivity contribution in [2.24, 2.45) is 0 Å². The molecule has 116 valence electrons. The minimum absolute atomic E-state index is 0.760. The van der Waals surface area contributed by atoms with Crippen molar-refractivity contribution in [1.29, 1.82) is 0 Å². The van der Waals surface area contributed by atoms with Crippen molar-refractivity contribution in [3.8, 4) is 11.3 Å². The van der Waals surface area contributed by atoms with E-state index in [9.17, 15) is 9.90 Å². The monoisotopic (exact) mass is 324 g/mol. The number of carbonyl (C=O) groups is 1. The average molecular weight is 324 g/mol. The SMILES string of the molecule is CC(C)(Sc1cncnc1-c1cccc2ccccc12)C(=O)O. The van der Waals surface area contributed by atoms with Crippen molar-refractivity contribution in [2.45, 2.75) is 23.5 Å². The highest BCUT2D eigenvalue weighted by atomic mass is 32.2. The highest BCUT2D eigenvalue weighted by Crippen LogP contribution is 2.39. The normalized spacial score (nSPS) is 11.6. The lowest BCUT2D eigenvalue weighted by Crippen LogP contribution is -2.27. The van der Waals surface area contributed by atoms with Gasteiger partial charge in [0.05, 0.1) is 10.6 Å². The molecule has 0 atom stereocenters. The highest BCUT2D eigenvalue weighted by molar-refractivity contribution is 8.01. The quantitative estimate of drug-likeness (QED) is 0.727. The van der Waals surface area contributed by atoms with Crippen molar-refractivity contribution >= 4 is 28.5 Å². The second kappa shape index (κ2) is 6.01. The van der Waals surface area contributed by atoms with E-state index in [2.05, 4.69) is 9.97 Å². The highest BCUT2D eigenvalue weighted by Gasteiger charge is 2.30. The Labute approximate surface area is 138 Å². The Balaban J connectivity index is 2.15. The average Bonchev–Trinajstić information content (AvgIpc) is 2.54. The van der Waals surface area contributed by atoms with Crippen molar-refractivity contribution < 1.29 is 9.90 Å². The van der Waals surface area contributed by atoms with Crippen molar-refractivity contribution in [1.82, 2.24) is 9.97 Å². The van der Waals surface area contributed by atoms with Gasteiger partial charge in [0.2, 0.25) is 0 Å². The Kier molecular flexibility index (Phi) is 4.05. The largest absolute Gasteiger partial charge is 0.480 e. The predicted octanol–water partition coefficient (Wildman–Crippen LogP) is 4.25. The minimum Gasteiger partial charge on any atom is -0.480 e. The molecule has 0 saturated carbocycles. The van der Waals surface area contributed by atoms with Crippen LogP contribution in [0, 0.1) is 0 Å². The summed E-state index contributed by atoms with van der Waals surface area (Å²) in [6, 6.07) is 14.1. The van der Waals surface area contributed by atoms with E-state index >= 15 is 0 Å². The third-order valence-electron chi connectivity index (χ3n) is 3.60. The summed E-state index contributed by atoms with van der Waals surface area (Å²) in [5.41, 5.74) is 1.74. The predicted molar refractivity (Wildman–Crippen MR) is 92.5 cm³/mol. The summed E-state index contributed by atoms with van der Waals surface area (Å²) >= 11 is 1.26. The third-order valence-corrected chi connectivity index (χ3v) is 4.81. The molecule has 0 saturated heterocycles. The van der Waals surface area contributed by atoms with Crippen LogP contribution in [0.3, 0.4) is 0 Å². The van der Waals surface area contributed by atoms with Crippen LogP contribution in [0.2, 0.25) is 0 Å². The minimum atomic E-state index is -0.954.